The van der Waals surface area contributed by atoms with Crippen LogP contribution in [-0.2, 0) is 0 Å². The largest absolute Gasteiger partial charge is 0.463 e. The van der Waals surface area contributed by atoms with Crippen LogP contribution in [0.2, 0.25) is 0 Å². The molecule has 1 aliphatic carbocycles. The van der Waals surface area contributed by atoms with Crippen LogP contribution in [0.1, 0.15) is 54.0 Å². The Hall–Kier alpha value is -3.07. The predicted octanol–water partition coefficient (Wildman–Crippen LogP) is 4.25. The maximum absolute atomic E-state index is 13.1. The van der Waals surface area contributed by atoms with Crippen LogP contribution in [0.4, 0.5) is 5.13 Å². The highest BCUT2D eigenvalue weighted by Crippen LogP contribution is 2.42. The van der Waals surface area contributed by atoms with Gasteiger partial charge in [0.15, 0.2) is 11.4 Å². The first kappa shape index (κ1) is 17.1. The third-order valence-electron chi connectivity index (χ3n) is 4.66. The summed E-state index contributed by atoms with van der Waals surface area (Å²) in [5.41, 5.74) is 1.71. The van der Waals surface area contributed by atoms with E-state index in [-0.39, 0.29) is 11.9 Å². The second-order valence-electron chi connectivity index (χ2n) is 7.13. The zero-order chi connectivity index (χ0) is 19.3. The van der Waals surface area contributed by atoms with E-state index in [1.807, 2.05) is 19.9 Å². The lowest BCUT2D eigenvalue weighted by Gasteiger charge is -2.09. The summed E-state index contributed by atoms with van der Waals surface area (Å²) in [6, 6.07) is 5.45. The first-order chi connectivity index (χ1) is 13.6. The van der Waals surface area contributed by atoms with Crippen molar-refractivity contribution in [1.29, 1.82) is 0 Å². The Balaban J connectivity index is 1.57. The van der Waals surface area contributed by atoms with Gasteiger partial charge in [0.2, 0.25) is 5.13 Å². The van der Waals surface area contributed by atoms with E-state index in [4.69, 9.17) is 4.42 Å². The summed E-state index contributed by atoms with van der Waals surface area (Å²) in [5, 5.41) is 17.8. The molecule has 0 atom stereocenters. The molecular weight excluding hydrogens is 376 g/mol. The monoisotopic (exact) mass is 394 g/mol. The van der Waals surface area contributed by atoms with Crippen LogP contribution in [0, 0.1) is 0 Å². The molecule has 4 aromatic rings. The molecule has 1 fully saturated rings. The summed E-state index contributed by atoms with van der Waals surface area (Å²) in [6.07, 6.45) is 5.56. The number of fused-ring (bicyclic) bond motifs is 1. The lowest BCUT2D eigenvalue weighted by Crippen LogP contribution is -2.13. The van der Waals surface area contributed by atoms with Crippen molar-refractivity contribution in [3.05, 3.63) is 41.2 Å². The minimum absolute atomic E-state index is 0.108. The van der Waals surface area contributed by atoms with Crippen molar-refractivity contribution in [1.82, 2.24) is 25.0 Å². The Labute approximate surface area is 164 Å². The van der Waals surface area contributed by atoms with Gasteiger partial charge in [0.25, 0.3) is 5.91 Å². The van der Waals surface area contributed by atoms with Gasteiger partial charge in [-0.25, -0.2) is 9.67 Å². The number of rotatable bonds is 5. The highest BCUT2D eigenvalue weighted by molar-refractivity contribution is 7.15. The molecule has 9 heteroatoms. The summed E-state index contributed by atoms with van der Waals surface area (Å²) in [7, 11) is 0. The molecule has 5 rings (SSSR count). The molecule has 0 spiro atoms. The van der Waals surface area contributed by atoms with Crippen molar-refractivity contribution in [2.24, 2.45) is 0 Å². The molecule has 1 saturated carbocycles. The van der Waals surface area contributed by atoms with Crippen LogP contribution in [-0.4, -0.2) is 30.9 Å². The fourth-order valence-electron chi connectivity index (χ4n) is 3.08. The molecule has 28 heavy (non-hydrogen) atoms. The van der Waals surface area contributed by atoms with Crippen LogP contribution in [0.25, 0.3) is 22.5 Å². The molecule has 0 saturated heterocycles. The van der Waals surface area contributed by atoms with E-state index < -0.39 is 0 Å². The van der Waals surface area contributed by atoms with Crippen LogP contribution < -0.4 is 5.32 Å². The third-order valence-corrected chi connectivity index (χ3v) is 5.66. The third kappa shape index (κ3) is 2.97. The van der Waals surface area contributed by atoms with Crippen molar-refractivity contribution < 1.29 is 9.21 Å². The fourth-order valence-corrected chi connectivity index (χ4v) is 3.99. The van der Waals surface area contributed by atoms with Crippen molar-refractivity contribution in [3.8, 4) is 11.5 Å². The molecule has 1 amide bonds. The Bertz CT molecular complexity index is 1160. The second kappa shape index (κ2) is 6.52. The zero-order valence-corrected chi connectivity index (χ0v) is 16.2. The number of nitrogens with one attached hydrogen (secondary N) is 1. The van der Waals surface area contributed by atoms with Gasteiger partial charge < -0.3 is 4.42 Å². The van der Waals surface area contributed by atoms with Crippen molar-refractivity contribution >= 4 is 33.4 Å². The molecule has 1 aliphatic rings. The smallest absolute Gasteiger partial charge is 0.258 e. The number of nitrogens with zero attached hydrogens (tertiary/aromatic N) is 5. The first-order valence-corrected chi connectivity index (χ1v) is 9.98. The van der Waals surface area contributed by atoms with Crippen molar-refractivity contribution in [3.63, 3.8) is 0 Å². The number of hydrogen-bond donors (Lipinski definition) is 1. The van der Waals surface area contributed by atoms with E-state index in [1.54, 1.807) is 29.3 Å². The molecule has 1 N–H and O–H groups in total. The summed E-state index contributed by atoms with van der Waals surface area (Å²) in [4.78, 5) is 17.7. The number of carbonyl (C=O) groups is 1. The van der Waals surface area contributed by atoms with Gasteiger partial charge in [-0.05, 0) is 44.9 Å². The quantitative estimate of drug-likeness (QED) is 0.543. The van der Waals surface area contributed by atoms with Crippen LogP contribution in [0.15, 0.2) is 35.1 Å². The first-order valence-electron chi connectivity index (χ1n) is 9.17. The SMILES string of the molecule is CC(C)n1ncc2c(C(=O)Nc3nnc(C4CC4)s3)cc(-c3ccco3)nc21. The number of aromatic nitrogens is 5. The number of pyridine rings is 1. The Morgan fingerprint density at radius 1 is 1.36 bits per heavy atom. The average molecular weight is 394 g/mol. The Kier molecular flexibility index (Phi) is 3.97. The minimum atomic E-state index is -0.262. The number of amides is 1. The molecule has 4 heterocycles. The van der Waals surface area contributed by atoms with E-state index in [1.165, 1.54) is 11.3 Å². The maximum Gasteiger partial charge on any atom is 0.258 e. The average Bonchev–Trinajstić information content (AvgIpc) is 3.10. The molecule has 142 valence electrons. The highest BCUT2D eigenvalue weighted by atomic mass is 32.1. The number of furan rings is 1. The summed E-state index contributed by atoms with van der Waals surface area (Å²) in [5.74, 6) is 0.840. The minimum Gasteiger partial charge on any atom is -0.463 e. The molecule has 0 bridgehead atoms. The van der Waals surface area contributed by atoms with Gasteiger partial charge in [0, 0.05) is 12.0 Å². The van der Waals surface area contributed by atoms with Gasteiger partial charge in [-0.2, -0.15) is 5.10 Å². The van der Waals surface area contributed by atoms with Gasteiger partial charge in [0.05, 0.1) is 23.4 Å². The van der Waals surface area contributed by atoms with Gasteiger partial charge in [-0.3, -0.25) is 10.1 Å². The van der Waals surface area contributed by atoms with Crippen molar-refractivity contribution in [2.75, 3.05) is 5.32 Å². The summed E-state index contributed by atoms with van der Waals surface area (Å²) >= 11 is 1.43. The van der Waals surface area contributed by atoms with Gasteiger partial charge in [0.1, 0.15) is 10.7 Å². The van der Waals surface area contributed by atoms with E-state index in [2.05, 4.69) is 25.6 Å². The lowest BCUT2D eigenvalue weighted by molar-refractivity contribution is 0.102. The summed E-state index contributed by atoms with van der Waals surface area (Å²) in [6.45, 7) is 4.04. The van der Waals surface area contributed by atoms with E-state index >= 15 is 0 Å². The van der Waals surface area contributed by atoms with E-state index in [0.717, 1.165) is 17.8 Å². The number of hydrogen-bond acceptors (Lipinski definition) is 7. The number of carbonyl (C=O) groups excluding carboxylic acids is 1. The molecule has 0 unspecified atom stereocenters. The fraction of sp³-hybridized carbons (Fsp3) is 0.316. The van der Waals surface area contributed by atoms with Crippen LogP contribution in [0.3, 0.4) is 0 Å². The summed E-state index contributed by atoms with van der Waals surface area (Å²) < 4.78 is 7.29. The number of anilines is 1. The normalized spacial score (nSPS) is 14.1. The van der Waals surface area contributed by atoms with Crippen LogP contribution >= 0.6 is 11.3 Å². The lowest BCUT2D eigenvalue weighted by atomic mass is 10.1. The highest BCUT2D eigenvalue weighted by Gasteiger charge is 2.28. The van der Waals surface area contributed by atoms with E-state index in [0.29, 0.717) is 39.1 Å². The molecule has 0 aromatic carbocycles. The van der Waals surface area contributed by atoms with Gasteiger partial charge >= 0.3 is 0 Å². The topological polar surface area (TPSA) is 98.7 Å². The maximum atomic E-state index is 13.1. The molecule has 4 aromatic heterocycles. The molecule has 0 aliphatic heterocycles. The van der Waals surface area contributed by atoms with Crippen molar-refractivity contribution in [2.45, 2.75) is 38.6 Å². The second-order valence-corrected chi connectivity index (χ2v) is 8.14. The molecule has 0 radical (unpaired) electrons. The Morgan fingerprint density at radius 2 is 2.21 bits per heavy atom. The van der Waals surface area contributed by atoms with Crippen LogP contribution in [0.5, 0.6) is 0 Å². The van der Waals surface area contributed by atoms with Gasteiger partial charge in [-0.15, -0.1) is 10.2 Å². The zero-order valence-electron chi connectivity index (χ0n) is 15.4. The molecular formula is C19H18N6O2S. The molecule has 8 nitrogen and oxygen atoms in total. The Morgan fingerprint density at radius 3 is 2.93 bits per heavy atom. The standard InChI is InChI=1S/C19H18N6O2S/c1-10(2)25-16-13(9-20-25)12(8-14(21-16)15-4-3-7-27-15)17(26)22-19-24-23-18(28-19)11-5-6-11/h3-4,7-11H,5-6H2,1-2H3,(H,22,24,26). The van der Waals surface area contributed by atoms with Gasteiger partial charge in [-0.1, -0.05) is 11.3 Å². The van der Waals surface area contributed by atoms with E-state index in [9.17, 15) is 4.79 Å². The predicted molar refractivity (Wildman–Crippen MR) is 105 cm³/mol.